The summed E-state index contributed by atoms with van der Waals surface area (Å²) in [5.41, 5.74) is 3.79. The van der Waals surface area contributed by atoms with Crippen molar-refractivity contribution in [1.82, 2.24) is 5.32 Å². The number of benzene rings is 1. The summed E-state index contributed by atoms with van der Waals surface area (Å²) in [4.78, 5) is 0. The lowest BCUT2D eigenvalue weighted by Gasteiger charge is -2.25. The molecule has 114 valence electrons. The van der Waals surface area contributed by atoms with Crippen LogP contribution in [0.2, 0.25) is 0 Å². The third kappa shape index (κ3) is 4.52. The topological polar surface area (TPSA) is 21.3 Å². The Balaban J connectivity index is 2.74. The molecule has 0 aromatic heterocycles. The van der Waals surface area contributed by atoms with Crippen molar-refractivity contribution in [2.24, 2.45) is 5.92 Å². The molecule has 2 heteroatoms. The summed E-state index contributed by atoms with van der Waals surface area (Å²) >= 11 is 0. The first-order valence-electron chi connectivity index (χ1n) is 7.94. The molecule has 0 saturated carbocycles. The van der Waals surface area contributed by atoms with E-state index in [0.717, 1.165) is 25.3 Å². The quantitative estimate of drug-likeness (QED) is 0.760. The van der Waals surface area contributed by atoms with Crippen molar-refractivity contribution in [3.8, 4) is 5.75 Å². The summed E-state index contributed by atoms with van der Waals surface area (Å²) in [5.74, 6) is 1.70. The molecule has 20 heavy (non-hydrogen) atoms. The van der Waals surface area contributed by atoms with Crippen LogP contribution >= 0.6 is 0 Å². The Morgan fingerprint density at radius 1 is 1.10 bits per heavy atom. The second-order valence-electron chi connectivity index (χ2n) is 5.91. The maximum Gasteiger partial charge on any atom is 0.125 e. The van der Waals surface area contributed by atoms with E-state index in [1.807, 2.05) is 0 Å². The minimum atomic E-state index is 0.430. The van der Waals surface area contributed by atoms with Crippen LogP contribution < -0.4 is 10.1 Å². The second kappa shape index (κ2) is 8.31. The largest absolute Gasteiger partial charge is 0.491 e. The normalized spacial score (nSPS) is 14.1. The highest BCUT2D eigenvalue weighted by molar-refractivity contribution is 5.44. The molecule has 0 spiro atoms. The van der Waals surface area contributed by atoms with Crippen molar-refractivity contribution in [2.75, 3.05) is 13.2 Å². The van der Waals surface area contributed by atoms with E-state index in [0.29, 0.717) is 12.0 Å². The van der Waals surface area contributed by atoms with Crippen LogP contribution in [0.4, 0.5) is 0 Å². The Morgan fingerprint density at radius 3 is 2.35 bits per heavy atom. The molecule has 2 nitrogen and oxygen atoms in total. The van der Waals surface area contributed by atoms with Gasteiger partial charge in [-0.2, -0.15) is 0 Å². The van der Waals surface area contributed by atoms with Gasteiger partial charge in [0.2, 0.25) is 0 Å². The lowest BCUT2D eigenvalue weighted by molar-refractivity contribution is 0.218. The number of nitrogens with one attached hydrogen (secondary N) is 1. The van der Waals surface area contributed by atoms with Crippen LogP contribution in [0.1, 0.15) is 50.3 Å². The number of rotatable bonds is 8. The molecule has 1 rings (SSSR count). The first kappa shape index (κ1) is 17.0. The van der Waals surface area contributed by atoms with Gasteiger partial charge in [-0.3, -0.25) is 0 Å². The molecule has 0 radical (unpaired) electrons. The fourth-order valence-electron chi connectivity index (χ4n) is 2.36. The molecular weight excluding hydrogens is 246 g/mol. The van der Waals surface area contributed by atoms with E-state index in [9.17, 15) is 0 Å². The standard InChI is InChI=1S/C18H31NO/c1-7-11-19-17(13(3)8-2)12-20-18-15(5)10-9-14(4)16(18)6/h9-10,13,17,19H,7-8,11-12H2,1-6H3. The van der Waals surface area contributed by atoms with Crippen LogP contribution in [0.15, 0.2) is 12.1 Å². The molecule has 0 fully saturated rings. The molecule has 0 bridgehead atoms. The fraction of sp³-hybridized carbons (Fsp3) is 0.667. The Kier molecular flexibility index (Phi) is 7.08. The maximum atomic E-state index is 6.17. The smallest absolute Gasteiger partial charge is 0.125 e. The molecule has 0 aliphatic rings. The Bertz CT molecular complexity index is 414. The average molecular weight is 277 g/mol. The van der Waals surface area contributed by atoms with Gasteiger partial charge in [-0.25, -0.2) is 0 Å². The summed E-state index contributed by atoms with van der Waals surface area (Å²) in [6.07, 6.45) is 2.34. The zero-order chi connectivity index (χ0) is 15.1. The van der Waals surface area contributed by atoms with Gasteiger partial charge in [0.1, 0.15) is 12.4 Å². The summed E-state index contributed by atoms with van der Waals surface area (Å²) in [7, 11) is 0. The molecule has 0 aliphatic carbocycles. The van der Waals surface area contributed by atoms with Gasteiger partial charge in [-0.15, -0.1) is 0 Å². The van der Waals surface area contributed by atoms with Crippen molar-refractivity contribution in [2.45, 2.75) is 60.4 Å². The zero-order valence-electron chi connectivity index (χ0n) is 14.0. The van der Waals surface area contributed by atoms with E-state index >= 15 is 0 Å². The number of hydrogen-bond donors (Lipinski definition) is 1. The van der Waals surface area contributed by atoms with Crippen LogP contribution in [-0.4, -0.2) is 19.2 Å². The van der Waals surface area contributed by atoms with E-state index in [2.05, 4.69) is 59.0 Å². The number of aryl methyl sites for hydroxylation is 2. The molecule has 1 aromatic rings. The minimum absolute atomic E-state index is 0.430. The monoisotopic (exact) mass is 277 g/mol. The molecule has 1 N–H and O–H groups in total. The van der Waals surface area contributed by atoms with Crippen LogP contribution in [0, 0.1) is 26.7 Å². The molecule has 0 heterocycles. The highest BCUT2D eigenvalue weighted by atomic mass is 16.5. The third-order valence-corrected chi connectivity index (χ3v) is 4.27. The van der Waals surface area contributed by atoms with Gasteiger partial charge in [0.05, 0.1) is 0 Å². The van der Waals surface area contributed by atoms with Gasteiger partial charge in [-0.1, -0.05) is 39.3 Å². The molecule has 0 aliphatic heterocycles. The average Bonchev–Trinajstić information content (AvgIpc) is 2.45. The Morgan fingerprint density at radius 2 is 1.75 bits per heavy atom. The van der Waals surface area contributed by atoms with Crippen molar-refractivity contribution in [3.63, 3.8) is 0 Å². The predicted molar refractivity (Wildman–Crippen MR) is 87.7 cm³/mol. The van der Waals surface area contributed by atoms with Crippen LogP contribution in [0.25, 0.3) is 0 Å². The van der Waals surface area contributed by atoms with Gasteiger partial charge in [0.15, 0.2) is 0 Å². The molecular formula is C18H31NO. The van der Waals surface area contributed by atoms with E-state index in [1.54, 1.807) is 0 Å². The number of hydrogen-bond acceptors (Lipinski definition) is 2. The lowest BCUT2D eigenvalue weighted by Crippen LogP contribution is -2.40. The van der Waals surface area contributed by atoms with Crippen molar-refractivity contribution in [3.05, 3.63) is 28.8 Å². The summed E-state index contributed by atoms with van der Waals surface area (Å²) in [5, 5.41) is 3.62. The minimum Gasteiger partial charge on any atom is -0.491 e. The highest BCUT2D eigenvalue weighted by Crippen LogP contribution is 2.26. The SMILES string of the molecule is CCCNC(COc1c(C)ccc(C)c1C)C(C)CC. The van der Waals surface area contributed by atoms with Crippen LogP contribution in [0.5, 0.6) is 5.75 Å². The Hall–Kier alpha value is -1.02. The van der Waals surface area contributed by atoms with Gasteiger partial charge >= 0.3 is 0 Å². The summed E-state index contributed by atoms with van der Waals surface area (Å²) in [6, 6.07) is 4.74. The van der Waals surface area contributed by atoms with Gasteiger partial charge < -0.3 is 10.1 Å². The summed E-state index contributed by atoms with van der Waals surface area (Å²) in [6.45, 7) is 15.0. The van der Waals surface area contributed by atoms with E-state index < -0.39 is 0 Å². The molecule has 0 saturated heterocycles. The fourth-order valence-corrected chi connectivity index (χ4v) is 2.36. The summed E-state index contributed by atoms with van der Waals surface area (Å²) < 4.78 is 6.17. The van der Waals surface area contributed by atoms with Gasteiger partial charge in [0.25, 0.3) is 0 Å². The van der Waals surface area contributed by atoms with Crippen molar-refractivity contribution in [1.29, 1.82) is 0 Å². The van der Waals surface area contributed by atoms with E-state index in [1.165, 1.54) is 23.1 Å². The predicted octanol–water partition coefficient (Wildman–Crippen LogP) is 4.40. The molecule has 2 atom stereocenters. The molecule has 1 aromatic carbocycles. The molecule has 2 unspecified atom stereocenters. The van der Waals surface area contributed by atoms with Gasteiger partial charge in [0, 0.05) is 6.04 Å². The maximum absolute atomic E-state index is 6.17. The molecule has 0 amide bonds. The second-order valence-corrected chi connectivity index (χ2v) is 5.91. The zero-order valence-corrected chi connectivity index (χ0v) is 14.0. The highest BCUT2D eigenvalue weighted by Gasteiger charge is 2.17. The van der Waals surface area contributed by atoms with Crippen LogP contribution in [0.3, 0.4) is 0 Å². The first-order chi connectivity index (χ1) is 9.51. The number of ether oxygens (including phenoxy) is 1. The van der Waals surface area contributed by atoms with Crippen molar-refractivity contribution < 1.29 is 4.74 Å². The van der Waals surface area contributed by atoms with Crippen molar-refractivity contribution >= 4 is 0 Å². The first-order valence-corrected chi connectivity index (χ1v) is 7.94. The Labute approximate surface area is 124 Å². The van der Waals surface area contributed by atoms with E-state index in [-0.39, 0.29) is 0 Å². The third-order valence-electron chi connectivity index (χ3n) is 4.27. The van der Waals surface area contributed by atoms with Gasteiger partial charge in [-0.05, 0) is 56.3 Å². The van der Waals surface area contributed by atoms with E-state index in [4.69, 9.17) is 4.74 Å². The lowest BCUT2D eigenvalue weighted by atomic mass is 9.99. The van der Waals surface area contributed by atoms with Crippen LogP contribution in [-0.2, 0) is 0 Å².